The normalized spacial score (nSPS) is 25.1. The second kappa shape index (κ2) is 8.78. The van der Waals surface area contributed by atoms with Crippen molar-refractivity contribution >= 4 is 27.1 Å². The predicted octanol–water partition coefficient (Wildman–Crippen LogP) is 3.08. The van der Waals surface area contributed by atoms with E-state index in [0.29, 0.717) is 0 Å². The molecule has 0 bridgehead atoms. The summed E-state index contributed by atoms with van der Waals surface area (Å²) in [6.45, 7) is 8.39. The Kier molecular flexibility index (Phi) is 7.29. The van der Waals surface area contributed by atoms with Gasteiger partial charge in [-0.2, -0.15) is 0 Å². The molecule has 160 valence electrons. The summed E-state index contributed by atoms with van der Waals surface area (Å²) in [5.74, 6) is -1.86. The van der Waals surface area contributed by atoms with E-state index < -0.39 is 39.8 Å². The first-order valence-electron chi connectivity index (χ1n) is 8.60. The molecule has 2 aliphatic rings. The van der Waals surface area contributed by atoms with E-state index in [1.54, 1.807) is 0 Å². The van der Waals surface area contributed by atoms with E-state index in [9.17, 15) is 18.7 Å². The van der Waals surface area contributed by atoms with Crippen LogP contribution in [-0.2, 0) is 46.3 Å². The number of ether oxygens (including phenoxy) is 2. The fourth-order valence-corrected chi connectivity index (χ4v) is 5.12. The van der Waals surface area contributed by atoms with Crippen LogP contribution in [0.2, 0.25) is 0 Å². The zero-order valence-corrected chi connectivity index (χ0v) is 18.2. The van der Waals surface area contributed by atoms with Gasteiger partial charge in [-0.15, -0.1) is 0 Å². The van der Waals surface area contributed by atoms with Gasteiger partial charge in [-0.05, 0) is 0 Å². The third-order valence-corrected chi connectivity index (χ3v) is 6.67. The summed E-state index contributed by atoms with van der Waals surface area (Å²) < 4.78 is 54.7. The number of hydrogen-bond donors (Lipinski definition) is 0. The molecule has 0 aliphatic carbocycles. The summed E-state index contributed by atoms with van der Waals surface area (Å²) in [5, 5.41) is 0. The zero-order chi connectivity index (χ0) is 21.1. The molecule has 10 nitrogen and oxygen atoms in total. The molecule has 0 radical (unpaired) electrons. The van der Waals surface area contributed by atoms with Crippen LogP contribution in [0.4, 0.5) is 0 Å². The number of carbonyl (C=O) groups excluding carboxylic acids is 2. The second-order valence-electron chi connectivity index (χ2n) is 8.16. The second-order valence-corrected chi connectivity index (χ2v) is 12.2. The molecule has 0 aromatic rings. The van der Waals surface area contributed by atoms with Crippen LogP contribution in [0.1, 0.15) is 27.7 Å². The highest BCUT2D eigenvalue weighted by Crippen LogP contribution is 2.54. The van der Waals surface area contributed by atoms with Crippen molar-refractivity contribution in [2.75, 3.05) is 39.1 Å². The van der Waals surface area contributed by atoms with E-state index in [1.807, 2.05) is 27.7 Å². The van der Waals surface area contributed by atoms with E-state index in [0.717, 1.165) is 12.2 Å². The third-order valence-electron chi connectivity index (χ3n) is 3.69. The molecule has 28 heavy (non-hydrogen) atoms. The van der Waals surface area contributed by atoms with Crippen molar-refractivity contribution in [3.8, 4) is 0 Å². The van der Waals surface area contributed by atoms with Gasteiger partial charge in [0.15, 0.2) is 12.7 Å². The molecule has 0 aromatic carbocycles. The highest BCUT2D eigenvalue weighted by molar-refractivity contribution is 7.54. The maximum Gasteiger partial charge on any atom is 0.367 e. The average molecular weight is 440 g/mol. The first-order valence-corrected chi connectivity index (χ1v) is 12.1. The molecule has 0 N–H and O–H groups in total. The van der Waals surface area contributed by atoms with Gasteiger partial charge >= 0.3 is 27.1 Å². The van der Waals surface area contributed by atoms with Crippen LogP contribution in [0.3, 0.4) is 0 Å². The highest BCUT2D eigenvalue weighted by Gasteiger charge is 2.38. The van der Waals surface area contributed by atoms with E-state index in [1.165, 1.54) is 0 Å². The Balaban J connectivity index is 1.71. The summed E-state index contributed by atoms with van der Waals surface area (Å²) in [6.07, 6.45) is 0.468. The van der Waals surface area contributed by atoms with Gasteiger partial charge in [0.05, 0.1) is 26.4 Å². The van der Waals surface area contributed by atoms with Crippen molar-refractivity contribution < 1.29 is 46.3 Å². The number of rotatable bonds is 6. The van der Waals surface area contributed by atoms with Gasteiger partial charge in [0.25, 0.3) is 0 Å². The highest BCUT2D eigenvalue weighted by atomic mass is 31.2. The van der Waals surface area contributed by atoms with E-state index in [-0.39, 0.29) is 37.3 Å². The Bertz CT molecular complexity index is 639. The van der Waals surface area contributed by atoms with E-state index >= 15 is 0 Å². The minimum Gasteiger partial charge on any atom is -0.450 e. The van der Waals surface area contributed by atoms with Crippen LogP contribution in [0.5, 0.6) is 0 Å². The largest absolute Gasteiger partial charge is 0.450 e. The van der Waals surface area contributed by atoms with Gasteiger partial charge in [0.1, 0.15) is 0 Å². The van der Waals surface area contributed by atoms with Crippen molar-refractivity contribution in [3.05, 3.63) is 12.2 Å². The summed E-state index contributed by atoms with van der Waals surface area (Å²) in [6, 6.07) is 0. The molecule has 2 rings (SSSR count). The van der Waals surface area contributed by atoms with Crippen LogP contribution < -0.4 is 0 Å². The van der Waals surface area contributed by atoms with Crippen molar-refractivity contribution in [2.45, 2.75) is 27.7 Å². The molecule has 0 amide bonds. The maximum absolute atomic E-state index is 12.2. The fraction of sp³-hybridized carbons (Fsp3) is 0.750. The Labute approximate surface area is 163 Å². The lowest BCUT2D eigenvalue weighted by Gasteiger charge is -2.33. The fourth-order valence-electron chi connectivity index (χ4n) is 1.92. The van der Waals surface area contributed by atoms with Gasteiger partial charge in [-0.25, -0.2) is 9.59 Å². The summed E-state index contributed by atoms with van der Waals surface area (Å²) in [4.78, 5) is 23.3. The maximum atomic E-state index is 12.2. The molecule has 2 heterocycles. The van der Waals surface area contributed by atoms with Crippen LogP contribution in [0.15, 0.2) is 12.2 Å². The van der Waals surface area contributed by atoms with E-state index in [4.69, 9.17) is 27.6 Å². The lowest BCUT2D eigenvalue weighted by molar-refractivity contribution is -0.139. The van der Waals surface area contributed by atoms with Crippen molar-refractivity contribution in [2.24, 2.45) is 10.8 Å². The Morgan fingerprint density at radius 3 is 1.32 bits per heavy atom. The van der Waals surface area contributed by atoms with Gasteiger partial charge in [0.2, 0.25) is 0 Å². The lowest BCUT2D eigenvalue weighted by Crippen LogP contribution is -2.30. The molecule has 0 aromatic heterocycles. The average Bonchev–Trinajstić information content (AvgIpc) is 2.63. The molecule has 0 saturated carbocycles. The van der Waals surface area contributed by atoms with Crippen LogP contribution in [0.25, 0.3) is 0 Å². The molecule has 0 unspecified atom stereocenters. The first-order chi connectivity index (χ1) is 12.8. The molecule has 0 atom stereocenters. The molecular weight excluding hydrogens is 414 g/mol. The minimum absolute atomic E-state index is 0.214. The molecule has 12 heteroatoms. The smallest absolute Gasteiger partial charge is 0.367 e. The van der Waals surface area contributed by atoms with Gasteiger partial charge < -0.3 is 27.6 Å². The van der Waals surface area contributed by atoms with Gasteiger partial charge in [0, 0.05) is 23.0 Å². The molecule has 2 aliphatic heterocycles. The van der Waals surface area contributed by atoms with Crippen LogP contribution >= 0.6 is 15.2 Å². The topological polar surface area (TPSA) is 124 Å². The Hall–Kier alpha value is -1.02. The van der Waals surface area contributed by atoms with Crippen LogP contribution in [0, 0.1) is 10.8 Å². The van der Waals surface area contributed by atoms with Crippen LogP contribution in [-0.4, -0.2) is 51.1 Å². The zero-order valence-electron chi connectivity index (χ0n) is 16.4. The lowest BCUT2D eigenvalue weighted by atomic mass is 9.97. The number of hydrogen-bond acceptors (Lipinski definition) is 10. The van der Waals surface area contributed by atoms with Crippen molar-refractivity contribution in [3.63, 3.8) is 0 Å². The first kappa shape index (κ1) is 23.3. The number of carbonyl (C=O) groups is 2. The summed E-state index contributed by atoms with van der Waals surface area (Å²) >= 11 is 0. The van der Waals surface area contributed by atoms with Crippen molar-refractivity contribution in [1.82, 2.24) is 0 Å². The predicted molar refractivity (Wildman–Crippen MR) is 97.6 cm³/mol. The van der Waals surface area contributed by atoms with Crippen molar-refractivity contribution in [1.29, 1.82) is 0 Å². The third kappa shape index (κ3) is 7.43. The van der Waals surface area contributed by atoms with Gasteiger partial charge in [-0.3, -0.25) is 9.13 Å². The molecule has 2 fully saturated rings. The standard InChI is InChI=1S/C16H26O10P2/c1-15(2)7-23-27(19,24-8-15)11-21-13(17)5-6-14(18)22-12-28(20)25-9-16(3,4)10-26-28/h5-6H,7-12H2,1-4H3/b6-5+. The SMILES string of the molecule is CC1(C)COP(=O)(COC(=O)/C=C/C(=O)OCP2(=O)OCC(C)(C)CO2)OC1. The monoisotopic (exact) mass is 440 g/mol. The summed E-state index contributed by atoms with van der Waals surface area (Å²) in [7, 11) is -7.02. The Morgan fingerprint density at radius 1 is 0.750 bits per heavy atom. The van der Waals surface area contributed by atoms with E-state index in [2.05, 4.69) is 0 Å². The Morgan fingerprint density at radius 2 is 1.04 bits per heavy atom. The molecule has 0 spiro atoms. The summed E-state index contributed by atoms with van der Waals surface area (Å²) in [5.41, 5.74) is -0.546. The quantitative estimate of drug-likeness (QED) is 0.346. The number of esters is 2. The minimum atomic E-state index is -3.51. The molecule has 2 saturated heterocycles. The van der Waals surface area contributed by atoms with Gasteiger partial charge in [-0.1, -0.05) is 27.7 Å². The molecular formula is C16H26O10P2.